The number of carbonyl (C=O) groups excluding carboxylic acids is 1. The van der Waals surface area contributed by atoms with E-state index < -0.39 is 6.26 Å². The normalized spacial score (nSPS) is 21.3. The van der Waals surface area contributed by atoms with Gasteiger partial charge in [-0.3, -0.25) is 4.79 Å². The summed E-state index contributed by atoms with van der Waals surface area (Å²) >= 11 is 5.79. The fourth-order valence-electron chi connectivity index (χ4n) is 1.98. The van der Waals surface area contributed by atoms with E-state index in [2.05, 4.69) is 6.92 Å². The lowest BCUT2D eigenvalue weighted by molar-refractivity contribution is -0.166. The van der Waals surface area contributed by atoms with E-state index in [1.54, 1.807) is 0 Å². The van der Waals surface area contributed by atoms with Crippen LogP contribution in [0.2, 0.25) is 0 Å². The number of carbonyl (C=O) groups is 1. The molecule has 0 N–H and O–H groups in total. The van der Waals surface area contributed by atoms with Crippen LogP contribution in [0.5, 0.6) is 0 Å². The van der Waals surface area contributed by atoms with Gasteiger partial charge in [0, 0.05) is 11.5 Å². The van der Waals surface area contributed by atoms with Crippen molar-refractivity contribution in [3.05, 3.63) is 30.3 Å². The molecule has 0 saturated carbocycles. The van der Waals surface area contributed by atoms with E-state index in [-0.39, 0.29) is 12.1 Å². The highest BCUT2D eigenvalue weighted by Crippen LogP contribution is 2.48. The van der Waals surface area contributed by atoms with E-state index >= 15 is 0 Å². The van der Waals surface area contributed by atoms with Crippen LogP contribution in [0, 0.1) is 0 Å². The van der Waals surface area contributed by atoms with Gasteiger partial charge in [-0.05, 0) is 6.42 Å². The Hall–Kier alpha value is -0.700. The van der Waals surface area contributed by atoms with Crippen molar-refractivity contribution >= 4 is 29.3 Å². The highest BCUT2D eigenvalue weighted by atomic mass is 32.4. The fourth-order valence-corrected chi connectivity index (χ4v) is 5.32. The monoisotopic (exact) mass is 298 g/mol. The Balaban J connectivity index is 2.08. The molecule has 0 spiro atoms. The maximum absolute atomic E-state index is 10.9. The topological polar surface area (TPSA) is 35.5 Å². The molecule has 2 rings (SSSR count). The summed E-state index contributed by atoms with van der Waals surface area (Å²) in [5.41, 5.74) is 0. The van der Waals surface area contributed by atoms with Gasteiger partial charge < -0.3 is 9.26 Å². The molecule has 0 amide bonds. The van der Waals surface area contributed by atoms with Crippen molar-refractivity contribution in [2.45, 2.75) is 32.3 Å². The summed E-state index contributed by atoms with van der Waals surface area (Å²) in [5, 5.41) is 1.07. The Kier molecular flexibility index (Phi) is 5.14. The summed E-state index contributed by atoms with van der Waals surface area (Å²) in [6.45, 7) is 2.81. The summed E-state index contributed by atoms with van der Waals surface area (Å²) in [4.78, 5) is 10.9. The molecule has 1 aliphatic rings. The van der Waals surface area contributed by atoms with Crippen molar-refractivity contribution in [1.82, 2.24) is 0 Å². The Morgan fingerprint density at radius 1 is 1.42 bits per heavy atom. The van der Waals surface area contributed by atoms with Crippen molar-refractivity contribution in [3.63, 3.8) is 0 Å². The first-order chi connectivity index (χ1) is 9.14. The van der Waals surface area contributed by atoms with E-state index in [0.717, 1.165) is 18.1 Å². The van der Waals surface area contributed by atoms with Crippen LogP contribution in [0.4, 0.5) is 0 Å². The molecule has 0 aliphatic carbocycles. The number of hydrogen-bond acceptors (Lipinski definition) is 4. The third-order valence-electron chi connectivity index (χ3n) is 3.08. The van der Waals surface area contributed by atoms with Crippen molar-refractivity contribution < 1.29 is 14.1 Å². The third kappa shape index (κ3) is 3.88. The first kappa shape index (κ1) is 14.7. The standard InChI is InChI=1S/C14H19O3PS/c1-2-3-9-16-18(19,11-12-10-14(15)17-12)13-7-5-4-6-8-13/h4-8,12H,2-3,9-11H2,1H3. The highest BCUT2D eigenvalue weighted by molar-refractivity contribution is 8.15. The Bertz CT molecular complexity index is 467. The molecule has 0 radical (unpaired) electrons. The maximum atomic E-state index is 10.9. The van der Waals surface area contributed by atoms with E-state index in [4.69, 9.17) is 21.1 Å². The Morgan fingerprint density at radius 3 is 2.68 bits per heavy atom. The summed E-state index contributed by atoms with van der Waals surface area (Å²) < 4.78 is 11.1. The molecular formula is C14H19O3PS. The van der Waals surface area contributed by atoms with Crippen LogP contribution in [0.15, 0.2) is 30.3 Å². The van der Waals surface area contributed by atoms with Crippen molar-refractivity contribution in [3.8, 4) is 0 Å². The number of benzene rings is 1. The van der Waals surface area contributed by atoms with Crippen LogP contribution in [0.1, 0.15) is 26.2 Å². The van der Waals surface area contributed by atoms with Gasteiger partial charge in [0.2, 0.25) is 0 Å². The summed E-state index contributed by atoms with van der Waals surface area (Å²) in [7, 11) is 0. The number of cyclic esters (lactones) is 1. The summed E-state index contributed by atoms with van der Waals surface area (Å²) in [5.74, 6) is -0.131. The molecule has 3 nitrogen and oxygen atoms in total. The molecule has 104 valence electrons. The second-order valence-corrected chi connectivity index (χ2v) is 8.95. The van der Waals surface area contributed by atoms with Gasteiger partial charge in [0.25, 0.3) is 0 Å². The van der Waals surface area contributed by atoms with Crippen LogP contribution >= 0.6 is 6.26 Å². The second-order valence-electron chi connectivity index (χ2n) is 4.69. The van der Waals surface area contributed by atoms with E-state index in [1.807, 2.05) is 30.3 Å². The molecule has 1 aliphatic heterocycles. The molecule has 2 unspecified atom stereocenters. The predicted octanol–water partition coefficient (Wildman–Crippen LogP) is 2.84. The lowest BCUT2D eigenvalue weighted by Crippen LogP contribution is -2.36. The fraction of sp³-hybridized carbons (Fsp3) is 0.500. The molecule has 19 heavy (non-hydrogen) atoms. The predicted molar refractivity (Wildman–Crippen MR) is 80.6 cm³/mol. The van der Waals surface area contributed by atoms with Gasteiger partial charge in [-0.15, -0.1) is 0 Å². The molecule has 0 bridgehead atoms. The van der Waals surface area contributed by atoms with Crippen LogP contribution in [-0.2, 0) is 25.9 Å². The average Bonchev–Trinajstić information content (AvgIpc) is 2.38. The van der Waals surface area contributed by atoms with Gasteiger partial charge in [-0.2, -0.15) is 0 Å². The molecule has 2 atom stereocenters. The first-order valence-electron chi connectivity index (χ1n) is 6.63. The van der Waals surface area contributed by atoms with Crippen LogP contribution in [0.3, 0.4) is 0 Å². The Morgan fingerprint density at radius 2 is 2.11 bits per heavy atom. The van der Waals surface area contributed by atoms with Gasteiger partial charge in [-0.25, -0.2) is 0 Å². The molecule has 1 aromatic carbocycles. The van der Waals surface area contributed by atoms with Gasteiger partial charge in [-0.1, -0.05) is 55.5 Å². The van der Waals surface area contributed by atoms with Gasteiger partial charge >= 0.3 is 5.97 Å². The number of hydrogen-bond donors (Lipinski definition) is 0. The smallest absolute Gasteiger partial charge is 0.309 e. The largest absolute Gasteiger partial charge is 0.461 e. The molecule has 1 saturated heterocycles. The number of ether oxygens (including phenoxy) is 1. The van der Waals surface area contributed by atoms with Crippen molar-refractivity contribution in [2.24, 2.45) is 0 Å². The number of esters is 1. The molecule has 5 heteroatoms. The minimum atomic E-state index is -2.09. The van der Waals surface area contributed by atoms with Crippen LogP contribution < -0.4 is 5.30 Å². The molecule has 0 aromatic heterocycles. The first-order valence-corrected chi connectivity index (χ1v) is 9.53. The summed E-state index contributed by atoms with van der Waals surface area (Å²) in [6.07, 6.45) is 1.08. The third-order valence-corrected chi connectivity index (χ3v) is 7.05. The van der Waals surface area contributed by atoms with E-state index in [0.29, 0.717) is 19.2 Å². The quantitative estimate of drug-likeness (QED) is 0.440. The van der Waals surface area contributed by atoms with E-state index in [9.17, 15) is 4.79 Å². The summed E-state index contributed by atoms with van der Waals surface area (Å²) in [6, 6.07) is 9.97. The zero-order valence-corrected chi connectivity index (χ0v) is 12.8. The van der Waals surface area contributed by atoms with Crippen molar-refractivity contribution in [2.75, 3.05) is 12.8 Å². The van der Waals surface area contributed by atoms with Crippen molar-refractivity contribution in [1.29, 1.82) is 0 Å². The Labute approximate surface area is 119 Å². The van der Waals surface area contributed by atoms with Gasteiger partial charge in [0.05, 0.1) is 19.3 Å². The number of unbranched alkanes of at least 4 members (excludes halogenated alkanes) is 1. The maximum Gasteiger partial charge on any atom is 0.309 e. The van der Waals surface area contributed by atoms with Gasteiger partial charge in [0.1, 0.15) is 6.10 Å². The second kappa shape index (κ2) is 6.65. The van der Waals surface area contributed by atoms with Gasteiger partial charge in [0.15, 0.2) is 0 Å². The zero-order chi connectivity index (χ0) is 13.7. The SMILES string of the molecule is CCCCOP(=S)(CC1CC(=O)O1)c1ccccc1. The van der Waals surface area contributed by atoms with Crippen LogP contribution in [0.25, 0.3) is 0 Å². The molecule has 1 fully saturated rings. The minimum Gasteiger partial charge on any atom is -0.461 e. The minimum absolute atomic E-state index is 0.0554. The lowest BCUT2D eigenvalue weighted by Gasteiger charge is -2.31. The molecule has 1 aromatic rings. The molecule has 1 heterocycles. The van der Waals surface area contributed by atoms with Crippen LogP contribution in [-0.4, -0.2) is 24.8 Å². The average molecular weight is 298 g/mol. The highest BCUT2D eigenvalue weighted by Gasteiger charge is 2.35. The van der Waals surface area contributed by atoms with E-state index in [1.165, 1.54) is 0 Å². The number of rotatable bonds is 7. The lowest BCUT2D eigenvalue weighted by atomic mass is 10.2. The molecular weight excluding hydrogens is 279 g/mol. The zero-order valence-electron chi connectivity index (χ0n) is 11.1.